The van der Waals surface area contributed by atoms with E-state index in [1.165, 1.54) is 16.7 Å². The van der Waals surface area contributed by atoms with Gasteiger partial charge >= 0.3 is 0 Å². The Hall–Kier alpha value is -3.26. The lowest BCUT2D eigenvalue weighted by Gasteiger charge is -2.13. The van der Waals surface area contributed by atoms with Crippen molar-refractivity contribution in [3.8, 4) is 0 Å². The van der Waals surface area contributed by atoms with Crippen molar-refractivity contribution in [2.75, 3.05) is 0 Å². The molecule has 0 spiro atoms. The van der Waals surface area contributed by atoms with Gasteiger partial charge in [-0.3, -0.25) is 19.2 Å². The van der Waals surface area contributed by atoms with Gasteiger partial charge < -0.3 is 14.8 Å². The number of aromatic nitrogens is 2. The van der Waals surface area contributed by atoms with E-state index in [4.69, 9.17) is 9.90 Å². The first kappa shape index (κ1) is 19.1. The molecule has 0 radical (unpaired) electrons. The van der Waals surface area contributed by atoms with Crippen LogP contribution >= 0.6 is 0 Å². The molecule has 1 aromatic carbocycles. The molecule has 0 unspecified atom stereocenters. The number of pyridine rings is 2. The van der Waals surface area contributed by atoms with Crippen molar-refractivity contribution >= 4 is 34.2 Å². The summed E-state index contributed by atoms with van der Waals surface area (Å²) < 4.78 is 2.44. The molecule has 3 rings (SSSR count). The highest BCUT2D eigenvalue weighted by Gasteiger charge is 2.12. The zero-order valence-corrected chi connectivity index (χ0v) is 14.5. The quantitative estimate of drug-likeness (QED) is 0.516. The molecule has 0 aliphatic heterocycles. The first-order valence-corrected chi connectivity index (χ1v) is 7.65. The lowest BCUT2D eigenvalue weighted by molar-refractivity contribution is -0.134. The molecule has 2 N–H and O–H groups in total. The molecule has 0 amide bonds. The summed E-state index contributed by atoms with van der Waals surface area (Å²) in [6, 6.07) is 6.21. The summed E-state index contributed by atoms with van der Waals surface area (Å²) in [6.07, 6.45) is 0.436. The number of aliphatic hydroxyl groups is 1. The molecule has 0 saturated carbocycles. The van der Waals surface area contributed by atoms with Crippen molar-refractivity contribution in [2.45, 2.75) is 20.5 Å². The zero-order valence-electron chi connectivity index (χ0n) is 14.5. The Morgan fingerprint density at radius 2 is 1.69 bits per heavy atom. The third kappa shape index (κ3) is 3.40. The average molecular weight is 358 g/mol. The second-order valence-electron chi connectivity index (χ2n) is 5.77. The van der Waals surface area contributed by atoms with Crippen molar-refractivity contribution in [3.05, 3.63) is 56.1 Å². The molecule has 0 fully saturated rings. The summed E-state index contributed by atoms with van der Waals surface area (Å²) >= 11 is 0. The number of carboxylic acids is 1. The molecular formula is C18H18N2O6. The molecule has 2 heterocycles. The van der Waals surface area contributed by atoms with E-state index in [0.717, 1.165) is 22.4 Å². The first-order valence-electron chi connectivity index (χ1n) is 7.65. The zero-order chi connectivity index (χ0) is 19.6. The number of carbonyl (C=O) groups is 2. The van der Waals surface area contributed by atoms with Crippen LogP contribution in [0.2, 0.25) is 0 Å². The highest BCUT2D eigenvalue weighted by atomic mass is 16.4. The molecule has 2 aromatic heterocycles. The Morgan fingerprint density at radius 3 is 2.23 bits per heavy atom. The number of fused-ring (bicyclic) bond motifs is 2. The van der Waals surface area contributed by atoms with Gasteiger partial charge in [0.15, 0.2) is 0 Å². The lowest BCUT2D eigenvalue weighted by Crippen LogP contribution is -2.21. The number of rotatable bonds is 2. The second kappa shape index (κ2) is 7.32. The predicted octanol–water partition coefficient (Wildman–Crippen LogP) is 0.783. The average Bonchev–Trinajstić information content (AvgIpc) is 2.57. The number of carboxylic acid groups (broad SMARTS) is 1. The fourth-order valence-corrected chi connectivity index (χ4v) is 2.76. The van der Waals surface area contributed by atoms with Gasteiger partial charge in [0, 0.05) is 36.9 Å². The smallest absolute Gasteiger partial charge is 0.300 e. The summed E-state index contributed by atoms with van der Waals surface area (Å²) in [5.74, 6) is -0.833. The number of aliphatic carboxylic acids is 1. The van der Waals surface area contributed by atoms with Crippen molar-refractivity contribution in [3.63, 3.8) is 0 Å². The summed E-state index contributed by atoms with van der Waals surface area (Å²) in [5.41, 5.74) is 1.58. The maximum atomic E-state index is 12.0. The van der Waals surface area contributed by atoms with Gasteiger partial charge in [0.2, 0.25) is 6.41 Å². The Kier molecular flexibility index (Phi) is 5.37. The molecule has 0 atom stereocenters. The molecular weight excluding hydrogens is 340 g/mol. The maximum absolute atomic E-state index is 12.0. The summed E-state index contributed by atoms with van der Waals surface area (Å²) in [6.45, 7) is 2.60. The first-order chi connectivity index (χ1) is 12.2. The summed E-state index contributed by atoms with van der Waals surface area (Å²) in [4.78, 5) is 44.1. The van der Waals surface area contributed by atoms with Crippen LogP contribution < -0.4 is 11.1 Å². The number of hydrogen-bond donors (Lipinski definition) is 2. The third-order valence-corrected chi connectivity index (χ3v) is 3.99. The van der Waals surface area contributed by atoms with Gasteiger partial charge in [-0.1, -0.05) is 0 Å². The number of aryl methyl sites for hydroxylation is 2. The Labute approximate surface area is 147 Å². The van der Waals surface area contributed by atoms with Crippen molar-refractivity contribution in [1.82, 2.24) is 9.13 Å². The molecule has 3 aromatic rings. The van der Waals surface area contributed by atoms with Gasteiger partial charge in [-0.25, -0.2) is 4.57 Å². The van der Waals surface area contributed by atoms with E-state index in [1.54, 1.807) is 19.2 Å². The standard InChI is InChI=1S/C16H14N2O4.C2H4O2/c1-9-3-15(21)17(2)13-6-14-12(5-11(9)13)10(7-19)4-16(22)18(14)8-20;1-2(3)4/h3-6,8,19H,7H2,1-2H3;1H3,(H,3,4). The molecule has 0 bridgehead atoms. The number of benzene rings is 1. The van der Waals surface area contributed by atoms with Gasteiger partial charge in [-0.15, -0.1) is 0 Å². The molecule has 136 valence electrons. The van der Waals surface area contributed by atoms with Crippen LogP contribution in [0.15, 0.2) is 33.9 Å². The van der Waals surface area contributed by atoms with Gasteiger partial charge in [0.25, 0.3) is 17.1 Å². The van der Waals surface area contributed by atoms with Crippen LogP contribution in [0.25, 0.3) is 21.8 Å². The molecule has 26 heavy (non-hydrogen) atoms. The minimum absolute atomic E-state index is 0.164. The minimum atomic E-state index is -0.833. The second-order valence-corrected chi connectivity index (χ2v) is 5.77. The molecule has 0 saturated heterocycles. The van der Waals surface area contributed by atoms with E-state index in [1.807, 2.05) is 6.92 Å². The van der Waals surface area contributed by atoms with Crippen molar-refractivity contribution in [1.29, 1.82) is 0 Å². The Bertz CT molecular complexity index is 1140. The van der Waals surface area contributed by atoms with Crippen LogP contribution in [0.3, 0.4) is 0 Å². The molecule has 0 aliphatic rings. The summed E-state index contributed by atoms with van der Waals surface area (Å²) in [7, 11) is 1.63. The SMILES string of the molecule is CC(=O)O.Cc1cc(=O)n(C)c2cc3c(cc12)c(CO)cc(=O)n3C=O. The largest absolute Gasteiger partial charge is 0.481 e. The minimum Gasteiger partial charge on any atom is -0.481 e. The molecule has 8 nitrogen and oxygen atoms in total. The van der Waals surface area contributed by atoms with Crippen molar-refractivity contribution < 1.29 is 19.8 Å². The van der Waals surface area contributed by atoms with E-state index in [0.29, 0.717) is 28.4 Å². The van der Waals surface area contributed by atoms with Gasteiger partial charge in [-0.2, -0.15) is 0 Å². The third-order valence-electron chi connectivity index (χ3n) is 3.99. The van der Waals surface area contributed by atoms with E-state index >= 15 is 0 Å². The van der Waals surface area contributed by atoms with E-state index in [-0.39, 0.29) is 12.2 Å². The van der Waals surface area contributed by atoms with Crippen molar-refractivity contribution in [2.24, 2.45) is 7.05 Å². The highest BCUT2D eigenvalue weighted by Crippen LogP contribution is 2.25. The monoisotopic (exact) mass is 358 g/mol. The van der Waals surface area contributed by atoms with Crippen LogP contribution in [-0.4, -0.2) is 31.7 Å². The fourth-order valence-electron chi connectivity index (χ4n) is 2.76. The Balaban J connectivity index is 0.000000552. The summed E-state index contributed by atoms with van der Waals surface area (Å²) in [5, 5.41) is 18.3. The normalized spacial score (nSPS) is 10.5. The number of nitrogens with zero attached hydrogens (tertiary/aromatic N) is 2. The van der Waals surface area contributed by atoms with E-state index in [9.17, 15) is 19.5 Å². The van der Waals surface area contributed by atoms with Crippen LogP contribution in [-0.2, 0) is 23.2 Å². The van der Waals surface area contributed by atoms with Crippen LogP contribution in [0.4, 0.5) is 0 Å². The predicted molar refractivity (Wildman–Crippen MR) is 97.1 cm³/mol. The maximum Gasteiger partial charge on any atom is 0.300 e. The lowest BCUT2D eigenvalue weighted by atomic mass is 10.0. The molecule has 0 aliphatic carbocycles. The van der Waals surface area contributed by atoms with Gasteiger partial charge in [-0.05, 0) is 30.2 Å². The molecule has 8 heteroatoms. The van der Waals surface area contributed by atoms with Crippen LogP contribution in [0.1, 0.15) is 18.1 Å². The van der Waals surface area contributed by atoms with E-state index < -0.39 is 11.5 Å². The van der Waals surface area contributed by atoms with E-state index in [2.05, 4.69) is 0 Å². The topological polar surface area (TPSA) is 119 Å². The van der Waals surface area contributed by atoms with Crippen LogP contribution in [0, 0.1) is 6.92 Å². The fraction of sp³-hybridized carbons (Fsp3) is 0.222. The highest BCUT2D eigenvalue weighted by molar-refractivity contribution is 5.99. The van der Waals surface area contributed by atoms with Gasteiger partial charge in [0.1, 0.15) is 0 Å². The van der Waals surface area contributed by atoms with Crippen LogP contribution in [0.5, 0.6) is 0 Å². The number of carbonyl (C=O) groups excluding carboxylic acids is 1. The van der Waals surface area contributed by atoms with Gasteiger partial charge in [0.05, 0.1) is 17.6 Å². The Morgan fingerprint density at radius 1 is 1.08 bits per heavy atom. The number of hydrogen-bond acceptors (Lipinski definition) is 5. The number of aliphatic hydroxyl groups excluding tert-OH is 1.